The second kappa shape index (κ2) is 63.1. The quantitative estimate of drug-likeness (QED) is 0.0222. The van der Waals surface area contributed by atoms with E-state index in [9.17, 15) is 43.2 Å². The van der Waals surface area contributed by atoms with Crippen molar-refractivity contribution in [3.63, 3.8) is 0 Å². The number of carbonyl (C=O) groups excluding carboxylic acids is 4. The summed E-state index contributed by atoms with van der Waals surface area (Å²) in [7, 11) is -9.89. The fraction of sp³-hybridized carbons (Fsp3) is 0.944. The van der Waals surface area contributed by atoms with Crippen LogP contribution in [0.4, 0.5) is 0 Å². The maximum atomic E-state index is 13.0. The van der Waals surface area contributed by atoms with Crippen molar-refractivity contribution in [1.29, 1.82) is 0 Å². The number of hydrogen-bond donors (Lipinski definition) is 3. The molecule has 5 atom stereocenters. The van der Waals surface area contributed by atoms with Crippen molar-refractivity contribution in [2.75, 3.05) is 39.6 Å². The Morgan fingerprint density at radius 1 is 0.300 bits per heavy atom. The Hall–Kier alpha value is -1.94. The molecule has 0 radical (unpaired) electrons. The van der Waals surface area contributed by atoms with E-state index in [0.717, 1.165) is 108 Å². The van der Waals surface area contributed by atoms with E-state index in [1.165, 1.54) is 173 Å². The first kappa shape index (κ1) is 88.1. The van der Waals surface area contributed by atoms with Gasteiger partial charge in [0.05, 0.1) is 26.4 Å². The third kappa shape index (κ3) is 64.8. The van der Waals surface area contributed by atoms with Gasteiger partial charge in [-0.25, -0.2) is 9.13 Å². The topological polar surface area (TPSA) is 237 Å². The van der Waals surface area contributed by atoms with E-state index in [4.69, 9.17) is 37.0 Å². The second-order valence-electron chi connectivity index (χ2n) is 26.6. The van der Waals surface area contributed by atoms with E-state index >= 15 is 0 Å². The molecule has 17 nitrogen and oxygen atoms in total. The molecule has 0 aliphatic carbocycles. The van der Waals surface area contributed by atoms with E-state index in [1.807, 2.05) is 0 Å². The fourth-order valence-electron chi connectivity index (χ4n) is 10.8. The lowest BCUT2D eigenvalue weighted by atomic mass is 10.0. The molecule has 0 aromatic rings. The van der Waals surface area contributed by atoms with Crippen LogP contribution < -0.4 is 0 Å². The Morgan fingerprint density at radius 2 is 0.511 bits per heavy atom. The minimum absolute atomic E-state index is 0.106. The zero-order valence-corrected chi connectivity index (χ0v) is 60.2. The van der Waals surface area contributed by atoms with Crippen LogP contribution in [0.1, 0.15) is 363 Å². The zero-order valence-electron chi connectivity index (χ0n) is 58.4. The minimum Gasteiger partial charge on any atom is -0.462 e. The van der Waals surface area contributed by atoms with Crippen molar-refractivity contribution in [2.45, 2.75) is 381 Å². The van der Waals surface area contributed by atoms with E-state index < -0.39 is 97.5 Å². The van der Waals surface area contributed by atoms with Gasteiger partial charge in [0.15, 0.2) is 12.2 Å². The first-order chi connectivity index (χ1) is 43.4. The van der Waals surface area contributed by atoms with Crippen LogP contribution in [0.2, 0.25) is 0 Å². The summed E-state index contributed by atoms with van der Waals surface area (Å²) in [4.78, 5) is 72.3. The average molecular weight is 1330 g/mol. The monoisotopic (exact) mass is 1320 g/mol. The molecule has 3 N–H and O–H groups in total. The molecule has 0 rings (SSSR count). The van der Waals surface area contributed by atoms with Crippen molar-refractivity contribution in [3.05, 3.63) is 0 Å². The van der Waals surface area contributed by atoms with Crippen molar-refractivity contribution < 1.29 is 80.2 Å². The van der Waals surface area contributed by atoms with E-state index in [2.05, 4.69) is 41.5 Å². The molecule has 0 fully saturated rings. The number of rotatable bonds is 70. The molecule has 0 aromatic heterocycles. The highest BCUT2D eigenvalue weighted by molar-refractivity contribution is 7.47. The lowest BCUT2D eigenvalue weighted by Gasteiger charge is -2.21. The highest BCUT2D eigenvalue weighted by Gasteiger charge is 2.30. The van der Waals surface area contributed by atoms with Crippen LogP contribution in [0, 0.1) is 11.8 Å². The molecular weight excluding hydrogens is 1190 g/mol. The largest absolute Gasteiger partial charge is 0.472 e. The number of unbranched alkanes of at least 4 members (excludes halogenated alkanes) is 40. The van der Waals surface area contributed by atoms with Gasteiger partial charge >= 0.3 is 39.5 Å². The van der Waals surface area contributed by atoms with Crippen LogP contribution in [0.25, 0.3) is 0 Å². The smallest absolute Gasteiger partial charge is 0.462 e. The van der Waals surface area contributed by atoms with Crippen molar-refractivity contribution in [1.82, 2.24) is 0 Å². The van der Waals surface area contributed by atoms with Gasteiger partial charge in [0.25, 0.3) is 0 Å². The molecule has 0 bridgehead atoms. The van der Waals surface area contributed by atoms with Gasteiger partial charge in [0.1, 0.15) is 19.3 Å². The molecule has 0 saturated carbocycles. The van der Waals surface area contributed by atoms with Gasteiger partial charge in [0, 0.05) is 25.7 Å². The maximum absolute atomic E-state index is 13.0. The number of aliphatic hydroxyl groups excluding tert-OH is 1. The average Bonchev–Trinajstić information content (AvgIpc) is 3.68. The molecule has 0 aliphatic heterocycles. The molecule has 0 heterocycles. The van der Waals surface area contributed by atoms with E-state index in [-0.39, 0.29) is 25.7 Å². The molecule has 2 unspecified atom stereocenters. The van der Waals surface area contributed by atoms with Gasteiger partial charge in [-0.05, 0) is 37.5 Å². The fourth-order valence-corrected chi connectivity index (χ4v) is 12.3. The van der Waals surface area contributed by atoms with Crippen LogP contribution >= 0.6 is 15.6 Å². The van der Waals surface area contributed by atoms with E-state index in [1.54, 1.807) is 0 Å². The van der Waals surface area contributed by atoms with Crippen LogP contribution in [0.5, 0.6) is 0 Å². The van der Waals surface area contributed by atoms with Crippen LogP contribution in [0.15, 0.2) is 0 Å². The normalized spacial score (nSPS) is 14.1. The number of phosphoric ester groups is 2. The summed E-state index contributed by atoms with van der Waals surface area (Å²) in [6.45, 7) is 9.51. The van der Waals surface area contributed by atoms with Gasteiger partial charge < -0.3 is 33.8 Å². The maximum Gasteiger partial charge on any atom is 0.472 e. The summed E-state index contributed by atoms with van der Waals surface area (Å²) in [5.74, 6) is -0.539. The highest BCUT2D eigenvalue weighted by Crippen LogP contribution is 2.45. The molecular formula is C71H138O17P2. The molecule has 0 saturated heterocycles. The van der Waals surface area contributed by atoms with Crippen LogP contribution in [-0.4, -0.2) is 96.7 Å². The first-order valence-corrected chi connectivity index (χ1v) is 40.0. The molecule has 90 heavy (non-hydrogen) atoms. The Kier molecular flexibility index (Phi) is 61.8. The number of ether oxygens (including phenoxy) is 4. The summed E-state index contributed by atoms with van der Waals surface area (Å²) in [5, 5.41) is 10.6. The molecule has 0 aromatic carbocycles. The first-order valence-electron chi connectivity index (χ1n) is 37.0. The molecule has 0 spiro atoms. The third-order valence-corrected chi connectivity index (χ3v) is 18.4. The number of phosphoric acid groups is 2. The summed E-state index contributed by atoms with van der Waals surface area (Å²) in [6, 6.07) is 0. The number of esters is 4. The SMILES string of the molecule is CCCCCCCCCCCCCC(=O)O[C@H](COC(=O)CCCCCCC)COP(=O)(O)OC[C@H](O)COP(=O)(O)OC[C@@H](COC(=O)CCCCCCCCCCCCCCCCC(C)C)OC(=O)CCCCCCCCCCCCCCCCC(C)C. The zero-order chi connectivity index (χ0) is 66.5. The summed E-state index contributed by atoms with van der Waals surface area (Å²) in [5.41, 5.74) is 0. The Bertz CT molecular complexity index is 1750. The van der Waals surface area contributed by atoms with Gasteiger partial charge in [-0.2, -0.15) is 0 Å². The molecule has 19 heteroatoms. The molecule has 0 aliphatic rings. The van der Waals surface area contributed by atoms with Crippen molar-refractivity contribution >= 4 is 39.5 Å². The summed E-state index contributed by atoms with van der Waals surface area (Å²) < 4.78 is 68.1. The van der Waals surface area contributed by atoms with Crippen LogP contribution in [0.3, 0.4) is 0 Å². The van der Waals surface area contributed by atoms with Gasteiger partial charge in [-0.15, -0.1) is 0 Å². The standard InChI is InChI=1S/C71H138O17P2/c1-7-9-11-13-14-15-24-32-37-43-49-55-70(75)87-66(59-81-68(73)53-47-39-12-10-8-2)61-85-89(77,78)83-57-65(72)58-84-90(79,80)86-62-67(88-71(76)56-50-44-38-33-28-23-19-17-21-26-30-35-41-46-52-64(5)6)60-82-69(74)54-48-42-36-31-27-22-18-16-20-25-29-34-40-45-51-63(3)4/h63-67,72H,7-62H2,1-6H3,(H,77,78)(H,79,80)/t65-,66+,67+/m0/s1. The summed E-state index contributed by atoms with van der Waals surface area (Å²) >= 11 is 0. The molecule has 0 amide bonds. The second-order valence-corrected chi connectivity index (χ2v) is 29.5. The Labute approximate surface area is 549 Å². The Morgan fingerprint density at radius 3 is 0.756 bits per heavy atom. The van der Waals surface area contributed by atoms with Gasteiger partial charge in [0.2, 0.25) is 0 Å². The lowest BCUT2D eigenvalue weighted by Crippen LogP contribution is -2.30. The number of carbonyl (C=O) groups is 4. The van der Waals surface area contributed by atoms with E-state index in [0.29, 0.717) is 25.7 Å². The third-order valence-electron chi connectivity index (χ3n) is 16.5. The number of hydrogen-bond acceptors (Lipinski definition) is 15. The lowest BCUT2D eigenvalue weighted by molar-refractivity contribution is -0.161. The van der Waals surface area contributed by atoms with Gasteiger partial charge in [-0.1, -0.05) is 311 Å². The minimum atomic E-state index is -4.95. The van der Waals surface area contributed by atoms with Crippen LogP contribution in [-0.2, 0) is 65.4 Å². The Balaban J connectivity index is 5.15. The molecule has 534 valence electrons. The predicted molar refractivity (Wildman–Crippen MR) is 363 cm³/mol. The van der Waals surface area contributed by atoms with Crippen molar-refractivity contribution in [2.24, 2.45) is 11.8 Å². The van der Waals surface area contributed by atoms with Gasteiger partial charge in [-0.3, -0.25) is 37.3 Å². The highest BCUT2D eigenvalue weighted by atomic mass is 31.2. The summed E-state index contributed by atoms with van der Waals surface area (Å²) in [6.07, 6.45) is 48.9. The van der Waals surface area contributed by atoms with Crippen molar-refractivity contribution in [3.8, 4) is 0 Å². The number of aliphatic hydroxyl groups is 1. The predicted octanol–water partition coefficient (Wildman–Crippen LogP) is 20.4.